The molecule has 0 spiro atoms. The van der Waals surface area contributed by atoms with Crippen molar-refractivity contribution in [2.24, 2.45) is 7.05 Å². The van der Waals surface area contributed by atoms with Crippen LogP contribution in [0.3, 0.4) is 0 Å². The minimum absolute atomic E-state index is 0.206. The highest BCUT2D eigenvalue weighted by atomic mass is 32.1. The molecule has 0 radical (unpaired) electrons. The van der Waals surface area contributed by atoms with Gasteiger partial charge in [0.2, 0.25) is 0 Å². The van der Waals surface area contributed by atoms with Gasteiger partial charge < -0.3 is 4.57 Å². The van der Waals surface area contributed by atoms with Crippen LogP contribution in [-0.4, -0.2) is 4.57 Å². The number of hydrogen-bond donors (Lipinski definition) is 0. The lowest BCUT2D eigenvalue weighted by atomic mass is 10.3. The van der Waals surface area contributed by atoms with Gasteiger partial charge in [0.25, 0.3) is 0 Å². The van der Waals surface area contributed by atoms with Gasteiger partial charge >= 0.3 is 0 Å². The second kappa shape index (κ2) is 2.64. The van der Waals surface area contributed by atoms with Gasteiger partial charge in [0.15, 0.2) is 0 Å². The van der Waals surface area contributed by atoms with Crippen LogP contribution in [0.15, 0.2) is 17.6 Å². The first-order valence-corrected chi connectivity index (χ1v) is 4.71. The van der Waals surface area contributed by atoms with E-state index in [1.54, 1.807) is 17.7 Å². The highest BCUT2D eigenvalue weighted by Gasteiger charge is 2.04. The van der Waals surface area contributed by atoms with E-state index in [-0.39, 0.29) is 5.82 Å². The topological polar surface area (TPSA) is 4.93 Å². The minimum atomic E-state index is -0.206. The predicted octanol–water partition coefficient (Wildman–Crippen LogP) is 3.11. The van der Waals surface area contributed by atoms with Crippen LogP contribution in [0, 0.1) is 10.5 Å². The molecular weight excluding hydrogens is 193 g/mol. The van der Waals surface area contributed by atoms with Gasteiger partial charge in [0.1, 0.15) is 10.5 Å². The van der Waals surface area contributed by atoms with Crippen molar-refractivity contribution in [2.75, 3.05) is 0 Å². The summed E-state index contributed by atoms with van der Waals surface area (Å²) < 4.78 is 16.4. The Bertz CT molecular complexity index is 483. The third-order valence-electron chi connectivity index (χ3n) is 1.74. The SMILES string of the molecule is Cn1cc(F)c2ccsc2c1=S. The molecule has 0 amide bonds. The molecule has 4 heteroatoms. The van der Waals surface area contributed by atoms with Gasteiger partial charge in [-0.1, -0.05) is 12.2 Å². The predicted molar refractivity (Wildman–Crippen MR) is 51.6 cm³/mol. The maximum atomic E-state index is 13.2. The summed E-state index contributed by atoms with van der Waals surface area (Å²) in [5.41, 5.74) is 0. The first kappa shape index (κ1) is 7.89. The van der Waals surface area contributed by atoms with Crippen molar-refractivity contribution in [2.45, 2.75) is 0 Å². The standard InChI is InChI=1S/C8H6FNS2/c1-10-4-6(9)5-2-3-12-7(5)8(10)11/h2-4H,1H3. The van der Waals surface area contributed by atoms with E-state index in [9.17, 15) is 4.39 Å². The fraction of sp³-hybridized carbons (Fsp3) is 0.125. The Morgan fingerprint density at radius 3 is 3.08 bits per heavy atom. The Balaban J connectivity index is 3.07. The molecule has 0 atom stereocenters. The van der Waals surface area contributed by atoms with Crippen LogP contribution in [0.5, 0.6) is 0 Å². The Hall–Kier alpha value is -0.740. The maximum Gasteiger partial charge on any atom is 0.148 e. The number of halogens is 1. The van der Waals surface area contributed by atoms with Crippen molar-refractivity contribution in [1.29, 1.82) is 0 Å². The van der Waals surface area contributed by atoms with E-state index in [2.05, 4.69) is 0 Å². The van der Waals surface area contributed by atoms with Crippen LogP contribution in [0.1, 0.15) is 0 Å². The van der Waals surface area contributed by atoms with Crippen LogP contribution in [0.2, 0.25) is 0 Å². The normalized spacial score (nSPS) is 10.8. The third kappa shape index (κ3) is 0.990. The van der Waals surface area contributed by atoms with Crippen molar-refractivity contribution >= 4 is 33.6 Å². The quantitative estimate of drug-likeness (QED) is 0.590. The zero-order valence-corrected chi connectivity index (χ0v) is 8.01. The number of pyridine rings is 1. The minimum Gasteiger partial charge on any atom is -0.338 e. The molecule has 0 fully saturated rings. The zero-order valence-electron chi connectivity index (χ0n) is 6.37. The summed E-state index contributed by atoms with van der Waals surface area (Å²) >= 11 is 6.59. The number of aryl methyl sites for hydroxylation is 1. The fourth-order valence-electron chi connectivity index (χ4n) is 1.12. The van der Waals surface area contributed by atoms with Crippen molar-refractivity contribution in [1.82, 2.24) is 4.57 Å². The number of thiophene rings is 1. The molecule has 0 N–H and O–H groups in total. The van der Waals surface area contributed by atoms with Crippen LogP contribution >= 0.6 is 23.6 Å². The summed E-state index contributed by atoms with van der Waals surface area (Å²) in [7, 11) is 1.75. The second-order valence-corrected chi connectivity index (χ2v) is 3.86. The highest BCUT2D eigenvalue weighted by molar-refractivity contribution is 7.71. The summed E-state index contributed by atoms with van der Waals surface area (Å²) in [5.74, 6) is -0.206. The molecule has 1 nitrogen and oxygen atoms in total. The maximum absolute atomic E-state index is 13.2. The molecule has 0 bridgehead atoms. The van der Waals surface area contributed by atoms with Gasteiger partial charge in [-0.05, 0) is 11.4 Å². The number of nitrogens with zero attached hydrogens (tertiary/aromatic N) is 1. The summed E-state index contributed by atoms with van der Waals surface area (Å²) in [6, 6.07) is 1.76. The Labute approximate surface area is 78.1 Å². The molecule has 0 saturated heterocycles. The van der Waals surface area contributed by atoms with E-state index in [4.69, 9.17) is 12.2 Å². The van der Waals surface area contributed by atoms with E-state index in [0.29, 0.717) is 10.0 Å². The van der Waals surface area contributed by atoms with Gasteiger partial charge in [-0.3, -0.25) is 0 Å². The smallest absolute Gasteiger partial charge is 0.148 e. The van der Waals surface area contributed by atoms with Gasteiger partial charge in [0.05, 0.1) is 4.70 Å². The first-order chi connectivity index (χ1) is 5.70. The highest BCUT2D eigenvalue weighted by Crippen LogP contribution is 2.23. The molecule has 2 aromatic heterocycles. The molecule has 2 aromatic rings. The monoisotopic (exact) mass is 199 g/mol. The molecule has 2 rings (SSSR count). The molecule has 2 heterocycles. The zero-order chi connectivity index (χ0) is 8.72. The van der Waals surface area contributed by atoms with Gasteiger partial charge in [-0.15, -0.1) is 11.3 Å². The summed E-state index contributed by atoms with van der Waals surface area (Å²) in [6.45, 7) is 0. The van der Waals surface area contributed by atoms with Crippen LogP contribution in [0.25, 0.3) is 10.1 Å². The van der Waals surface area contributed by atoms with Gasteiger partial charge in [-0.25, -0.2) is 4.39 Å². The lowest BCUT2D eigenvalue weighted by molar-refractivity contribution is 0.621. The van der Waals surface area contributed by atoms with Crippen molar-refractivity contribution < 1.29 is 4.39 Å². The number of rotatable bonds is 0. The van der Waals surface area contributed by atoms with E-state index in [1.807, 2.05) is 5.38 Å². The molecular formula is C8H6FNS2. The second-order valence-electron chi connectivity index (χ2n) is 2.56. The molecule has 0 aromatic carbocycles. The first-order valence-electron chi connectivity index (χ1n) is 3.42. The largest absolute Gasteiger partial charge is 0.338 e. The summed E-state index contributed by atoms with van der Waals surface area (Å²) in [6.07, 6.45) is 1.41. The van der Waals surface area contributed by atoms with Gasteiger partial charge in [-0.2, -0.15) is 0 Å². The number of aromatic nitrogens is 1. The van der Waals surface area contributed by atoms with Crippen molar-refractivity contribution in [3.8, 4) is 0 Å². The Morgan fingerprint density at radius 2 is 2.33 bits per heavy atom. The Kier molecular flexibility index (Phi) is 1.73. The van der Waals surface area contributed by atoms with Crippen molar-refractivity contribution in [3.05, 3.63) is 28.1 Å². The van der Waals surface area contributed by atoms with E-state index >= 15 is 0 Å². The average molecular weight is 199 g/mol. The lowest BCUT2D eigenvalue weighted by Crippen LogP contribution is -1.93. The Morgan fingerprint density at radius 1 is 1.58 bits per heavy atom. The van der Waals surface area contributed by atoms with Gasteiger partial charge in [0, 0.05) is 18.6 Å². The molecule has 0 saturated carbocycles. The van der Waals surface area contributed by atoms with Crippen LogP contribution in [-0.2, 0) is 7.05 Å². The third-order valence-corrected chi connectivity index (χ3v) is 3.29. The summed E-state index contributed by atoms with van der Waals surface area (Å²) in [5, 5.41) is 2.48. The molecule has 0 aliphatic rings. The fourth-order valence-corrected chi connectivity index (χ4v) is 2.31. The van der Waals surface area contributed by atoms with E-state index in [1.165, 1.54) is 17.5 Å². The molecule has 0 unspecified atom stereocenters. The molecule has 0 aliphatic carbocycles. The molecule has 62 valence electrons. The number of hydrogen-bond acceptors (Lipinski definition) is 2. The number of fused-ring (bicyclic) bond motifs is 1. The van der Waals surface area contributed by atoms with Crippen LogP contribution in [0.4, 0.5) is 4.39 Å². The summed E-state index contributed by atoms with van der Waals surface area (Å²) in [4.78, 5) is 0. The van der Waals surface area contributed by atoms with Crippen LogP contribution < -0.4 is 0 Å². The molecule has 12 heavy (non-hydrogen) atoms. The lowest BCUT2D eigenvalue weighted by Gasteiger charge is -1.99. The average Bonchev–Trinajstić information content (AvgIpc) is 2.48. The van der Waals surface area contributed by atoms with E-state index in [0.717, 1.165) is 4.70 Å². The molecule has 0 aliphatic heterocycles. The van der Waals surface area contributed by atoms with Crippen molar-refractivity contribution in [3.63, 3.8) is 0 Å². The van der Waals surface area contributed by atoms with E-state index < -0.39 is 0 Å².